The van der Waals surface area contributed by atoms with Gasteiger partial charge in [-0.05, 0) is 13.8 Å². The first-order valence-corrected chi connectivity index (χ1v) is 4.51. The van der Waals surface area contributed by atoms with Crippen LogP contribution in [0.3, 0.4) is 0 Å². The second-order valence-electron chi connectivity index (χ2n) is 2.50. The number of nitrogens with one attached hydrogen (secondary N) is 2. The van der Waals surface area contributed by atoms with Gasteiger partial charge in [-0.2, -0.15) is 0 Å². The highest BCUT2D eigenvalue weighted by atomic mass is 16.1. The van der Waals surface area contributed by atoms with E-state index in [4.69, 9.17) is 5.73 Å². The van der Waals surface area contributed by atoms with Crippen LogP contribution in [0.1, 0.15) is 20.3 Å². The molecule has 76 valence electrons. The van der Waals surface area contributed by atoms with Gasteiger partial charge >= 0.3 is 0 Å². The van der Waals surface area contributed by atoms with E-state index in [1.807, 2.05) is 13.8 Å². The molecule has 0 aromatic rings. The number of hydrogen-bond acceptors (Lipinski definition) is 2. The zero-order valence-corrected chi connectivity index (χ0v) is 8.26. The predicted octanol–water partition coefficient (Wildman–Crippen LogP) is -0.563. The summed E-state index contributed by atoms with van der Waals surface area (Å²) < 4.78 is 0. The third-order valence-corrected chi connectivity index (χ3v) is 1.35. The van der Waals surface area contributed by atoms with Crippen LogP contribution < -0.4 is 16.4 Å². The minimum atomic E-state index is 0.00977. The van der Waals surface area contributed by atoms with E-state index in [-0.39, 0.29) is 5.91 Å². The zero-order valence-electron chi connectivity index (χ0n) is 8.26. The molecule has 0 saturated carbocycles. The molecule has 0 spiro atoms. The van der Waals surface area contributed by atoms with Crippen molar-refractivity contribution in [2.24, 2.45) is 10.7 Å². The van der Waals surface area contributed by atoms with Gasteiger partial charge in [0.15, 0.2) is 5.96 Å². The minimum Gasteiger partial charge on any atom is -0.370 e. The molecule has 5 nitrogen and oxygen atoms in total. The monoisotopic (exact) mass is 186 g/mol. The average molecular weight is 186 g/mol. The fraction of sp³-hybridized carbons (Fsp3) is 0.750. The van der Waals surface area contributed by atoms with Crippen molar-refractivity contribution in [2.75, 3.05) is 19.6 Å². The number of nitrogens with two attached hydrogens (primary N) is 1. The lowest BCUT2D eigenvalue weighted by molar-refractivity contribution is -0.120. The Morgan fingerprint density at radius 1 is 1.31 bits per heavy atom. The molecule has 0 fully saturated rings. The number of guanidine groups is 1. The van der Waals surface area contributed by atoms with E-state index in [0.717, 1.165) is 6.54 Å². The van der Waals surface area contributed by atoms with Crippen LogP contribution in [0.25, 0.3) is 0 Å². The Kier molecular flexibility index (Phi) is 6.68. The quantitative estimate of drug-likeness (QED) is 0.397. The van der Waals surface area contributed by atoms with Crippen molar-refractivity contribution in [1.82, 2.24) is 10.6 Å². The van der Waals surface area contributed by atoms with Gasteiger partial charge in [0.2, 0.25) is 5.91 Å². The summed E-state index contributed by atoms with van der Waals surface area (Å²) in [4.78, 5) is 14.9. The number of carbonyl (C=O) groups is 1. The smallest absolute Gasteiger partial charge is 0.221 e. The number of rotatable bonds is 5. The lowest BCUT2D eigenvalue weighted by Crippen LogP contribution is -2.32. The van der Waals surface area contributed by atoms with Gasteiger partial charge in [-0.25, -0.2) is 0 Å². The molecule has 0 saturated heterocycles. The van der Waals surface area contributed by atoms with E-state index in [1.165, 1.54) is 0 Å². The summed E-state index contributed by atoms with van der Waals surface area (Å²) in [6, 6.07) is 0. The van der Waals surface area contributed by atoms with Gasteiger partial charge in [0.1, 0.15) is 0 Å². The normalized spacial score (nSPS) is 11.1. The second-order valence-corrected chi connectivity index (χ2v) is 2.50. The Hall–Kier alpha value is -1.26. The molecule has 0 unspecified atom stereocenters. The standard InChI is InChI=1S/C8H18N4O/c1-3-10-7(13)5-6-12-8(9)11-4-2/h3-6H2,1-2H3,(H,10,13)(H3,9,11,12). The fourth-order valence-electron chi connectivity index (χ4n) is 0.800. The molecule has 0 aliphatic heterocycles. The Labute approximate surface area is 78.8 Å². The van der Waals surface area contributed by atoms with Gasteiger partial charge in [-0.3, -0.25) is 9.79 Å². The van der Waals surface area contributed by atoms with Crippen molar-refractivity contribution in [3.8, 4) is 0 Å². The van der Waals surface area contributed by atoms with Crippen LogP contribution in [0.2, 0.25) is 0 Å². The molecule has 4 N–H and O–H groups in total. The van der Waals surface area contributed by atoms with Crippen molar-refractivity contribution >= 4 is 11.9 Å². The molecule has 0 atom stereocenters. The number of carbonyl (C=O) groups excluding carboxylic acids is 1. The van der Waals surface area contributed by atoms with E-state index in [9.17, 15) is 4.79 Å². The summed E-state index contributed by atoms with van der Waals surface area (Å²) >= 11 is 0. The molecule has 0 aliphatic rings. The maximum Gasteiger partial charge on any atom is 0.221 e. The average Bonchev–Trinajstić information content (AvgIpc) is 2.05. The first-order chi connectivity index (χ1) is 6.20. The Bertz CT molecular complexity index is 179. The molecule has 0 aromatic carbocycles. The topological polar surface area (TPSA) is 79.5 Å². The summed E-state index contributed by atoms with van der Waals surface area (Å²) in [6.45, 7) is 5.66. The Morgan fingerprint density at radius 2 is 1.92 bits per heavy atom. The molecule has 0 radical (unpaired) electrons. The van der Waals surface area contributed by atoms with Crippen molar-refractivity contribution < 1.29 is 4.79 Å². The molecule has 13 heavy (non-hydrogen) atoms. The number of hydrogen-bond donors (Lipinski definition) is 3. The van der Waals surface area contributed by atoms with Gasteiger partial charge in [-0.1, -0.05) is 0 Å². The van der Waals surface area contributed by atoms with E-state index in [1.54, 1.807) is 0 Å². The number of nitrogens with zero attached hydrogens (tertiary/aromatic N) is 1. The second kappa shape index (κ2) is 7.39. The minimum absolute atomic E-state index is 0.00977. The van der Waals surface area contributed by atoms with E-state index in [2.05, 4.69) is 15.6 Å². The summed E-state index contributed by atoms with van der Waals surface area (Å²) in [5, 5.41) is 5.53. The highest BCUT2D eigenvalue weighted by Crippen LogP contribution is 1.80. The summed E-state index contributed by atoms with van der Waals surface area (Å²) in [5.41, 5.74) is 5.45. The predicted molar refractivity (Wildman–Crippen MR) is 53.5 cm³/mol. The lowest BCUT2D eigenvalue weighted by Gasteiger charge is -2.01. The van der Waals surface area contributed by atoms with E-state index in [0.29, 0.717) is 25.5 Å². The van der Waals surface area contributed by atoms with Crippen molar-refractivity contribution in [2.45, 2.75) is 20.3 Å². The highest BCUT2D eigenvalue weighted by Gasteiger charge is 1.97. The van der Waals surface area contributed by atoms with Gasteiger partial charge in [0, 0.05) is 19.5 Å². The maximum atomic E-state index is 10.9. The molecule has 5 heteroatoms. The number of amides is 1. The van der Waals surface area contributed by atoms with Crippen LogP contribution in [0.15, 0.2) is 4.99 Å². The van der Waals surface area contributed by atoms with Crippen molar-refractivity contribution in [3.05, 3.63) is 0 Å². The highest BCUT2D eigenvalue weighted by molar-refractivity contribution is 5.79. The third-order valence-electron chi connectivity index (χ3n) is 1.35. The summed E-state index contributed by atoms with van der Waals surface area (Å²) in [5.74, 6) is 0.405. The van der Waals surface area contributed by atoms with Gasteiger partial charge in [0.05, 0.1) is 6.54 Å². The van der Waals surface area contributed by atoms with Gasteiger partial charge in [0.25, 0.3) is 0 Å². The first-order valence-electron chi connectivity index (χ1n) is 4.51. The molecule has 0 aromatic heterocycles. The first kappa shape index (κ1) is 11.7. The van der Waals surface area contributed by atoms with Crippen LogP contribution in [0.5, 0.6) is 0 Å². The van der Waals surface area contributed by atoms with Gasteiger partial charge in [-0.15, -0.1) is 0 Å². The fourth-order valence-corrected chi connectivity index (χ4v) is 0.800. The van der Waals surface area contributed by atoms with E-state index < -0.39 is 0 Å². The molecule has 0 rings (SSSR count). The van der Waals surface area contributed by atoms with Crippen LogP contribution in [0, 0.1) is 0 Å². The number of aliphatic imine (C=N–C) groups is 1. The van der Waals surface area contributed by atoms with E-state index >= 15 is 0 Å². The van der Waals surface area contributed by atoms with Crippen LogP contribution in [-0.4, -0.2) is 31.5 Å². The lowest BCUT2D eigenvalue weighted by atomic mass is 10.4. The molecular weight excluding hydrogens is 168 g/mol. The largest absolute Gasteiger partial charge is 0.370 e. The molecule has 0 heterocycles. The summed E-state index contributed by atoms with van der Waals surface area (Å²) in [6.07, 6.45) is 0.389. The van der Waals surface area contributed by atoms with Crippen LogP contribution >= 0.6 is 0 Å². The van der Waals surface area contributed by atoms with Crippen molar-refractivity contribution in [3.63, 3.8) is 0 Å². The molecular formula is C8H18N4O. The van der Waals surface area contributed by atoms with Crippen LogP contribution in [-0.2, 0) is 4.79 Å². The van der Waals surface area contributed by atoms with Gasteiger partial charge < -0.3 is 16.4 Å². The maximum absolute atomic E-state index is 10.9. The molecule has 0 bridgehead atoms. The SMILES string of the molecule is CCNC(=O)CCN=C(N)NCC. The zero-order chi connectivity index (χ0) is 10.1. The third kappa shape index (κ3) is 7.11. The Morgan fingerprint density at radius 3 is 2.46 bits per heavy atom. The Balaban J connectivity index is 3.53. The van der Waals surface area contributed by atoms with Crippen LogP contribution in [0.4, 0.5) is 0 Å². The van der Waals surface area contributed by atoms with Crippen molar-refractivity contribution in [1.29, 1.82) is 0 Å². The molecule has 1 amide bonds. The summed E-state index contributed by atoms with van der Waals surface area (Å²) in [7, 11) is 0. The molecule has 0 aliphatic carbocycles.